The molecule has 0 aliphatic carbocycles. The molecule has 190 valence electrons. The van der Waals surface area contributed by atoms with Crippen molar-refractivity contribution in [2.45, 2.75) is 13.3 Å². The molecule has 1 aliphatic heterocycles. The molecule has 0 fully saturated rings. The van der Waals surface area contributed by atoms with Crippen LogP contribution >= 0.6 is 0 Å². The molecule has 9 nitrogen and oxygen atoms in total. The molecule has 5 rings (SSSR count). The molecule has 37 heavy (non-hydrogen) atoms. The lowest BCUT2D eigenvalue weighted by molar-refractivity contribution is -0.115. The SMILES string of the molecule is CCN(C)S(=O)(=O)Nc1ccc(F)c(C(=O)c2c[nH]c3ncc(-c4ccc5c(c4)NC(=O)C5)cc23)c1F. The van der Waals surface area contributed by atoms with Crippen molar-refractivity contribution in [3.63, 3.8) is 0 Å². The first kappa shape index (κ1) is 24.5. The van der Waals surface area contributed by atoms with Gasteiger partial charge in [-0.05, 0) is 35.4 Å². The third kappa shape index (κ3) is 4.34. The van der Waals surface area contributed by atoms with Crippen LogP contribution in [0.5, 0.6) is 0 Å². The molecule has 1 amide bonds. The van der Waals surface area contributed by atoms with Gasteiger partial charge >= 0.3 is 10.2 Å². The molecule has 3 heterocycles. The van der Waals surface area contributed by atoms with E-state index in [2.05, 4.69) is 20.0 Å². The summed E-state index contributed by atoms with van der Waals surface area (Å²) in [6.07, 6.45) is 3.17. The number of carbonyl (C=O) groups is 2. The van der Waals surface area contributed by atoms with Gasteiger partial charge in [0, 0.05) is 48.2 Å². The Bertz CT molecular complexity index is 1700. The molecular formula is C25H21F2N5O4S. The predicted molar refractivity (Wildman–Crippen MR) is 135 cm³/mol. The van der Waals surface area contributed by atoms with Crippen molar-refractivity contribution in [1.82, 2.24) is 14.3 Å². The molecule has 0 bridgehead atoms. The number of rotatable bonds is 7. The quantitative estimate of drug-likeness (QED) is 0.316. The number of fused-ring (bicyclic) bond motifs is 2. The van der Waals surface area contributed by atoms with Crippen molar-refractivity contribution >= 4 is 44.3 Å². The molecule has 3 N–H and O–H groups in total. The number of nitrogens with one attached hydrogen (secondary N) is 3. The van der Waals surface area contributed by atoms with Crippen LogP contribution in [0.1, 0.15) is 28.4 Å². The number of nitrogens with zero attached hydrogens (tertiary/aromatic N) is 2. The van der Waals surface area contributed by atoms with Gasteiger partial charge in [-0.2, -0.15) is 12.7 Å². The Morgan fingerprint density at radius 1 is 1.16 bits per heavy atom. The fourth-order valence-electron chi connectivity index (χ4n) is 4.10. The minimum atomic E-state index is -4.11. The van der Waals surface area contributed by atoms with E-state index in [0.717, 1.165) is 27.6 Å². The van der Waals surface area contributed by atoms with Crippen LogP contribution in [-0.2, 0) is 21.4 Å². The number of amides is 1. The number of pyridine rings is 1. The average Bonchev–Trinajstić information content (AvgIpc) is 3.46. The number of anilines is 2. The van der Waals surface area contributed by atoms with E-state index in [1.165, 1.54) is 13.2 Å². The third-order valence-corrected chi connectivity index (χ3v) is 7.81. The Morgan fingerprint density at radius 2 is 1.95 bits per heavy atom. The van der Waals surface area contributed by atoms with Gasteiger partial charge in [-0.1, -0.05) is 19.1 Å². The largest absolute Gasteiger partial charge is 0.345 e. The first-order valence-electron chi connectivity index (χ1n) is 11.3. The number of benzene rings is 2. The van der Waals surface area contributed by atoms with Crippen LogP contribution in [0.4, 0.5) is 20.2 Å². The van der Waals surface area contributed by atoms with E-state index in [1.807, 2.05) is 12.1 Å². The van der Waals surface area contributed by atoms with Gasteiger partial charge in [0.05, 0.1) is 17.7 Å². The zero-order valence-electron chi connectivity index (χ0n) is 19.7. The van der Waals surface area contributed by atoms with E-state index in [-0.39, 0.29) is 18.0 Å². The molecular weight excluding hydrogens is 504 g/mol. The molecule has 12 heteroatoms. The Hall–Kier alpha value is -4.16. The number of hydrogen-bond acceptors (Lipinski definition) is 5. The lowest BCUT2D eigenvalue weighted by atomic mass is 9.99. The van der Waals surface area contributed by atoms with Crippen LogP contribution in [0.15, 0.2) is 48.8 Å². The highest BCUT2D eigenvalue weighted by Gasteiger charge is 2.27. The summed E-state index contributed by atoms with van der Waals surface area (Å²) in [5.74, 6) is -3.55. The molecule has 0 unspecified atom stereocenters. The van der Waals surface area contributed by atoms with Gasteiger partial charge in [0.2, 0.25) is 11.7 Å². The fourth-order valence-corrected chi connectivity index (χ4v) is 5.04. The van der Waals surface area contributed by atoms with Gasteiger partial charge in [-0.15, -0.1) is 0 Å². The van der Waals surface area contributed by atoms with Crippen LogP contribution in [0.2, 0.25) is 0 Å². The summed E-state index contributed by atoms with van der Waals surface area (Å²) < 4.78 is 57.7. The van der Waals surface area contributed by atoms with E-state index in [4.69, 9.17) is 0 Å². The molecule has 0 saturated heterocycles. The standard InChI is InChI=1S/C25H21F2N5O4S/c1-3-32(2)37(35,36)31-19-7-6-18(26)22(23(19)27)24(34)17-12-29-25-16(17)8-15(11-28-25)13-4-5-14-10-21(33)30-20(14)9-13/h4-9,11-12,31H,3,10H2,1-2H3,(H,28,29)(H,30,33). The first-order valence-corrected chi connectivity index (χ1v) is 12.7. The number of ketones is 1. The molecule has 2 aromatic carbocycles. The highest BCUT2D eigenvalue weighted by Crippen LogP contribution is 2.32. The second-order valence-corrected chi connectivity index (χ2v) is 10.3. The lowest BCUT2D eigenvalue weighted by Crippen LogP contribution is -2.32. The summed E-state index contributed by atoms with van der Waals surface area (Å²) in [5.41, 5.74) is 1.73. The molecule has 1 aliphatic rings. The van der Waals surface area contributed by atoms with Crippen LogP contribution in [0.25, 0.3) is 22.2 Å². The Kier molecular flexibility index (Phi) is 6.00. The average molecular weight is 526 g/mol. The third-order valence-electron chi connectivity index (χ3n) is 6.26. The van der Waals surface area contributed by atoms with Crippen LogP contribution < -0.4 is 10.0 Å². The number of H-pyrrole nitrogens is 1. The molecule has 0 spiro atoms. The van der Waals surface area contributed by atoms with E-state index >= 15 is 4.39 Å². The van der Waals surface area contributed by atoms with Gasteiger partial charge in [0.15, 0.2) is 5.82 Å². The zero-order chi connectivity index (χ0) is 26.5. The maximum absolute atomic E-state index is 15.3. The number of halogens is 2. The highest BCUT2D eigenvalue weighted by molar-refractivity contribution is 7.90. The molecule has 0 radical (unpaired) electrons. The van der Waals surface area contributed by atoms with Gasteiger partial charge in [-0.25, -0.2) is 13.8 Å². The highest BCUT2D eigenvalue weighted by atomic mass is 32.2. The second-order valence-electron chi connectivity index (χ2n) is 8.55. The summed E-state index contributed by atoms with van der Waals surface area (Å²) in [5, 5.41) is 3.10. The Morgan fingerprint density at radius 3 is 2.70 bits per heavy atom. The van der Waals surface area contributed by atoms with Gasteiger partial charge in [0.1, 0.15) is 11.5 Å². The smallest absolute Gasteiger partial charge is 0.301 e. The molecule has 0 atom stereocenters. The van der Waals surface area contributed by atoms with Crippen molar-refractivity contribution in [2.24, 2.45) is 0 Å². The summed E-state index contributed by atoms with van der Waals surface area (Å²) in [4.78, 5) is 32.2. The minimum absolute atomic E-state index is 0.0395. The van der Waals surface area contributed by atoms with E-state index < -0.39 is 38.9 Å². The van der Waals surface area contributed by atoms with Crippen molar-refractivity contribution < 1.29 is 26.8 Å². The molecule has 2 aromatic heterocycles. The van der Waals surface area contributed by atoms with Crippen molar-refractivity contribution in [3.8, 4) is 11.1 Å². The first-order chi connectivity index (χ1) is 17.6. The minimum Gasteiger partial charge on any atom is -0.345 e. The van der Waals surface area contributed by atoms with Gasteiger partial charge in [0.25, 0.3) is 0 Å². The fraction of sp³-hybridized carbons (Fsp3) is 0.160. The van der Waals surface area contributed by atoms with E-state index in [1.54, 1.807) is 25.3 Å². The van der Waals surface area contributed by atoms with Crippen LogP contribution in [-0.4, -0.2) is 48.0 Å². The number of hydrogen-bond donors (Lipinski definition) is 3. The zero-order valence-corrected chi connectivity index (χ0v) is 20.5. The molecule has 0 saturated carbocycles. The number of aromatic amines is 1. The maximum atomic E-state index is 15.3. The second kappa shape index (κ2) is 9.05. The number of aromatic nitrogens is 2. The summed E-state index contributed by atoms with van der Waals surface area (Å²) in [6.45, 7) is 1.71. The summed E-state index contributed by atoms with van der Waals surface area (Å²) in [7, 11) is -2.81. The van der Waals surface area contributed by atoms with Crippen LogP contribution in [0, 0.1) is 11.6 Å². The monoisotopic (exact) mass is 525 g/mol. The van der Waals surface area contributed by atoms with Crippen molar-refractivity contribution in [1.29, 1.82) is 0 Å². The molecule has 4 aromatic rings. The predicted octanol–water partition coefficient (Wildman–Crippen LogP) is 3.84. The topological polar surface area (TPSA) is 124 Å². The van der Waals surface area contributed by atoms with E-state index in [9.17, 15) is 22.4 Å². The normalized spacial score (nSPS) is 13.2. The van der Waals surface area contributed by atoms with Gasteiger partial charge in [-0.3, -0.25) is 14.3 Å². The number of carbonyl (C=O) groups excluding carboxylic acids is 2. The summed E-state index contributed by atoms with van der Waals surface area (Å²) >= 11 is 0. The van der Waals surface area contributed by atoms with Crippen LogP contribution in [0.3, 0.4) is 0 Å². The maximum Gasteiger partial charge on any atom is 0.301 e. The van der Waals surface area contributed by atoms with Gasteiger partial charge < -0.3 is 10.3 Å². The van der Waals surface area contributed by atoms with Crippen molar-refractivity contribution in [2.75, 3.05) is 23.6 Å². The lowest BCUT2D eigenvalue weighted by Gasteiger charge is -2.17. The summed E-state index contributed by atoms with van der Waals surface area (Å²) in [6, 6.07) is 8.84. The van der Waals surface area contributed by atoms with E-state index in [0.29, 0.717) is 28.7 Å². The Balaban J connectivity index is 1.55. The van der Waals surface area contributed by atoms with Crippen molar-refractivity contribution in [3.05, 3.63) is 77.1 Å². The Labute approximate surface area is 210 Å².